The third-order valence-corrected chi connectivity index (χ3v) is 3.45. The molecule has 128 valence electrons. The van der Waals surface area contributed by atoms with Crippen LogP contribution in [0.5, 0.6) is 0 Å². The molecule has 0 fully saturated rings. The van der Waals surface area contributed by atoms with E-state index in [2.05, 4.69) is 15.3 Å². The highest BCUT2D eigenvalue weighted by atomic mass is 19.1. The molecule has 0 saturated carbocycles. The highest BCUT2D eigenvalue weighted by molar-refractivity contribution is 5.93. The average molecular weight is 330 g/mol. The van der Waals surface area contributed by atoms with Crippen molar-refractivity contribution in [3.05, 3.63) is 47.7 Å². The van der Waals surface area contributed by atoms with Gasteiger partial charge in [-0.05, 0) is 44.0 Å². The fourth-order valence-electron chi connectivity index (χ4n) is 2.44. The van der Waals surface area contributed by atoms with Crippen molar-refractivity contribution in [2.75, 3.05) is 18.4 Å². The molecule has 0 unspecified atom stereocenters. The van der Waals surface area contributed by atoms with Crippen molar-refractivity contribution in [1.82, 2.24) is 14.9 Å². The van der Waals surface area contributed by atoms with Crippen molar-refractivity contribution in [3.63, 3.8) is 0 Å². The summed E-state index contributed by atoms with van der Waals surface area (Å²) in [7, 11) is 0. The minimum Gasteiger partial charge on any atom is -0.340 e. The minimum atomic E-state index is -0.301. The molecule has 0 radical (unpaired) electrons. The van der Waals surface area contributed by atoms with Crippen LogP contribution in [0.3, 0.4) is 0 Å². The molecule has 6 heteroatoms. The van der Waals surface area contributed by atoms with Crippen molar-refractivity contribution in [2.24, 2.45) is 0 Å². The Balaban J connectivity index is 2.23. The van der Waals surface area contributed by atoms with Crippen LogP contribution in [-0.2, 0) is 0 Å². The number of hydrogen-bond acceptors (Lipinski definition) is 4. The number of aromatic nitrogens is 2. The summed E-state index contributed by atoms with van der Waals surface area (Å²) in [5, 5.41) is 3.08. The van der Waals surface area contributed by atoms with Crippen LogP contribution in [0.15, 0.2) is 30.3 Å². The van der Waals surface area contributed by atoms with E-state index in [0.29, 0.717) is 36.1 Å². The van der Waals surface area contributed by atoms with Crippen LogP contribution in [-0.4, -0.2) is 33.9 Å². The molecular weight excluding hydrogens is 307 g/mol. The molecule has 0 atom stereocenters. The van der Waals surface area contributed by atoms with Crippen LogP contribution in [0.4, 0.5) is 15.9 Å². The monoisotopic (exact) mass is 330 g/mol. The predicted molar refractivity (Wildman–Crippen MR) is 92.9 cm³/mol. The standard InChI is InChI=1S/C18H23FN4O/c1-4-10-23(11-5-2)18(24)16-12-17(21-13(3)20-16)22-15-8-6-14(19)7-9-15/h6-9,12H,4-5,10-11H2,1-3H3,(H,20,21,22). The van der Waals surface area contributed by atoms with E-state index in [1.54, 1.807) is 25.1 Å². The first kappa shape index (κ1) is 17.8. The van der Waals surface area contributed by atoms with Gasteiger partial charge in [-0.1, -0.05) is 13.8 Å². The topological polar surface area (TPSA) is 58.1 Å². The van der Waals surface area contributed by atoms with Gasteiger partial charge in [0.2, 0.25) is 0 Å². The van der Waals surface area contributed by atoms with E-state index in [4.69, 9.17) is 0 Å². The predicted octanol–water partition coefficient (Wildman–Crippen LogP) is 3.93. The maximum Gasteiger partial charge on any atom is 0.272 e. The first-order valence-electron chi connectivity index (χ1n) is 8.21. The van der Waals surface area contributed by atoms with Crippen LogP contribution in [0, 0.1) is 12.7 Å². The lowest BCUT2D eigenvalue weighted by molar-refractivity contribution is 0.0749. The van der Waals surface area contributed by atoms with E-state index in [1.165, 1.54) is 12.1 Å². The molecule has 1 aromatic heterocycles. The Kier molecular flexibility index (Phi) is 6.23. The summed E-state index contributed by atoms with van der Waals surface area (Å²) in [6.45, 7) is 7.24. The molecule has 1 heterocycles. The van der Waals surface area contributed by atoms with E-state index in [1.807, 2.05) is 18.7 Å². The van der Waals surface area contributed by atoms with Crippen LogP contribution in [0.2, 0.25) is 0 Å². The molecule has 24 heavy (non-hydrogen) atoms. The molecule has 5 nitrogen and oxygen atoms in total. The Labute approximate surface area is 141 Å². The second kappa shape index (κ2) is 8.38. The number of nitrogens with one attached hydrogen (secondary N) is 1. The lowest BCUT2D eigenvalue weighted by Gasteiger charge is -2.21. The zero-order valence-electron chi connectivity index (χ0n) is 14.3. The van der Waals surface area contributed by atoms with Gasteiger partial charge in [0.05, 0.1) is 0 Å². The summed E-state index contributed by atoms with van der Waals surface area (Å²) >= 11 is 0. The summed E-state index contributed by atoms with van der Waals surface area (Å²) in [4.78, 5) is 23.1. The summed E-state index contributed by atoms with van der Waals surface area (Å²) in [6.07, 6.45) is 1.80. The van der Waals surface area contributed by atoms with Gasteiger partial charge in [0.1, 0.15) is 23.2 Å². The fourth-order valence-corrected chi connectivity index (χ4v) is 2.44. The smallest absolute Gasteiger partial charge is 0.272 e. The zero-order chi connectivity index (χ0) is 17.5. The summed E-state index contributed by atoms with van der Waals surface area (Å²) in [5.74, 6) is 0.639. The van der Waals surface area contributed by atoms with Gasteiger partial charge in [0.15, 0.2) is 0 Å². The van der Waals surface area contributed by atoms with E-state index in [0.717, 1.165) is 12.8 Å². The van der Waals surface area contributed by atoms with Gasteiger partial charge in [0, 0.05) is 24.8 Å². The third-order valence-electron chi connectivity index (χ3n) is 3.45. The lowest BCUT2D eigenvalue weighted by Crippen LogP contribution is -2.33. The largest absolute Gasteiger partial charge is 0.340 e. The molecule has 1 N–H and O–H groups in total. The molecule has 1 aromatic carbocycles. The van der Waals surface area contributed by atoms with Crippen molar-refractivity contribution in [1.29, 1.82) is 0 Å². The van der Waals surface area contributed by atoms with Crippen molar-refractivity contribution in [3.8, 4) is 0 Å². The Hall–Kier alpha value is -2.50. The molecule has 0 saturated heterocycles. The number of nitrogens with zero attached hydrogens (tertiary/aromatic N) is 3. The van der Waals surface area contributed by atoms with Gasteiger partial charge < -0.3 is 10.2 Å². The average Bonchev–Trinajstić information content (AvgIpc) is 2.55. The maximum atomic E-state index is 13.0. The first-order valence-corrected chi connectivity index (χ1v) is 8.21. The number of anilines is 2. The van der Waals surface area contributed by atoms with Crippen LogP contribution >= 0.6 is 0 Å². The molecule has 0 aliphatic rings. The molecule has 1 amide bonds. The number of rotatable bonds is 7. The van der Waals surface area contributed by atoms with Crippen LogP contribution in [0.25, 0.3) is 0 Å². The van der Waals surface area contributed by atoms with Gasteiger partial charge in [-0.15, -0.1) is 0 Å². The summed E-state index contributed by atoms with van der Waals surface area (Å²) in [5.41, 5.74) is 1.07. The van der Waals surface area contributed by atoms with E-state index in [9.17, 15) is 9.18 Å². The second-order valence-corrected chi connectivity index (χ2v) is 5.61. The summed E-state index contributed by atoms with van der Waals surface area (Å²) in [6, 6.07) is 7.61. The highest BCUT2D eigenvalue weighted by Gasteiger charge is 2.17. The number of hydrogen-bond donors (Lipinski definition) is 1. The highest BCUT2D eigenvalue weighted by Crippen LogP contribution is 2.17. The van der Waals surface area contributed by atoms with Crippen molar-refractivity contribution >= 4 is 17.4 Å². The zero-order valence-corrected chi connectivity index (χ0v) is 14.3. The molecule has 0 aliphatic heterocycles. The fraction of sp³-hybridized carbons (Fsp3) is 0.389. The first-order chi connectivity index (χ1) is 11.5. The quantitative estimate of drug-likeness (QED) is 0.835. The molecule has 0 aliphatic carbocycles. The van der Waals surface area contributed by atoms with Crippen LogP contribution < -0.4 is 5.32 Å². The Morgan fingerprint density at radius 2 is 1.75 bits per heavy atom. The Morgan fingerprint density at radius 1 is 1.12 bits per heavy atom. The molecule has 2 aromatic rings. The Bertz CT molecular complexity index is 682. The molecule has 2 rings (SSSR count). The molecular formula is C18H23FN4O. The SMILES string of the molecule is CCCN(CCC)C(=O)c1cc(Nc2ccc(F)cc2)nc(C)n1. The number of halogens is 1. The van der Waals surface area contributed by atoms with Gasteiger partial charge in [-0.3, -0.25) is 4.79 Å². The lowest BCUT2D eigenvalue weighted by atomic mass is 10.2. The van der Waals surface area contributed by atoms with Crippen molar-refractivity contribution in [2.45, 2.75) is 33.6 Å². The number of benzene rings is 1. The summed E-state index contributed by atoms with van der Waals surface area (Å²) < 4.78 is 13.0. The minimum absolute atomic E-state index is 0.0913. The molecule has 0 spiro atoms. The normalized spacial score (nSPS) is 10.5. The van der Waals surface area contributed by atoms with Crippen LogP contribution in [0.1, 0.15) is 43.0 Å². The maximum absolute atomic E-state index is 13.0. The van der Waals surface area contributed by atoms with Crippen molar-refractivity contribution < 1.29 is 9.18 Å². The van der Waals surface area contributed by atoms with E-state index >= 15 is 0 Å². The van der Waals surface area contributed by atoms with E-state index in [-0.39, 0.29) is 11.7 Å². The van der Waals surface area contributed by atoms with Gasteiger partial charge in [0.25, 0.3) is 5.91 Å². The number of carbonyl (C=O) groups excluding carboxylic acids is 1. The second-order valence-electron chi connectivity index (χ2n) is 5.61. The number of amides is 1. The molecule has 0 bridgehead atoms. The number of carbonyl (C=O) groups is 1. The van der Waals surface area contributed by atoms with Gasteiger partial charge in [-0.25, -0.2) is 14.4 Å². The number of aryl methyl sites for hydroxylation is 1. The Morgan fingerprint density at radius 3 is 2.33 bits per heavy atom. The third kappa shape index (κ3) is 4.75. The van der Waals surface area contributed by atoms with Gasteiger partial charge >= 0.3 is 0 Å². The van der Waals surface area contributed by atoms with E-state index < -0.39 is 0 Å². The van der Waals surface area contributed by atoms with Gasteiger partial charge in [-0.2, -0.15) is 0 Å².